The lowest BCUT2D eigenvalue weighted by Crippen LogP contribution is -2.37. The van der Waals surface area contributed by atoms with Crippen molar-refractivity contribution >= 4 is 29.1 Å². The fraction of sp³-hybridized carbons (Fsp3) is 0.500. The Balaban J connectivity index is 2.05. The maximum Gasteiger partial charge on any atom is 0.252 e. The molecule has 0 aliphatic heterocycles. The Kier molecular flexibility index (Phi) is 8.11. The van der Waals surface area contributed by atoms with Crippen molar-refractivity contribution in [1.82, 2.24) is 16.0 Å². The maximum atomic E-state index is 11.6. The number of rotatable bonds is 9. The summed E-state index contributed by atoms with van der Waals surface area (Å²) in [4.78, 5) is 34.4. The molecular weight excluding hydrogens is 290 g/mol. The standard InChI is InChI=1S/C14H21N3O3S/c1-2-6-15-13(19)9-17-12(18)4-3-7-16-14(20)11-5-8-21-10-11/h5,8,10H,2-4,6-7,9H2,1H3,(H,15,19)(H,16,20)(H,17,18). The Morgan fingerprint density at radius 1 is 1.10 bits per heavy atom. The fourth-order valence-corrected chi connectivity index (χ4v) is 2.18. The molecule has 0 aliphatic carbocycles. The van der Waals surface area contributed by atoms with Crippen molar-refractivity contribution in [3.05, 3.63) is 22.4 Å². The smallest absolute Gasteiger partial charge is 0.252 e. The molecule has 0 spiro atoms. The first kappa shape index (κ1) is 17.2. The molecule has 0 aromatic carbocycles. The second-order valence-corrected chi connectivity index (χ2v) is 5.28. The molecule has 21 heavy (non-hydrogen) atoms. The van der Waals surface area contributed by atoms with E-state index in [9.17, 15) is 14.4 Å². The van der Waals surface area contributed by atoms with Gasteiger partial charge in [-0.15, -0.1) is 0 Å². The van der Waals surface area contributed by atoms with Crippen LogP contribution in [0.5, 0.6) is 0 Å². The van der Waals surface area contributed by atoms with E-state index in [1.807, 2.05) is 12.3 Å². The highest BCUT2D eigenvalue weighted by Gasteiger charge is 2.07. The number of carbonyl (C=O) groups is 3. The molecule has 1 aromatic rings. The summed E-state index contributed by atoms with van der Waals surface area (Å²) in [6.07, 6.45) is 1.69. The average Bonchev–Trinajstić information content (AvgIpc) is 3.01. The molecule has 1 rings (SSSR count). The number of hydrogen-bond donors (Lipinski definition) is 3. The molecule has 0 fully saturated rings. The summed E-state index contributed by atoms with van der Waals surface area (Å²) in [5.74, 6) is -0.502. The van der Waals surface area contributed by atoms with Gasteiger partial charge in [0.2, 0.25) is 11.8 Å². The van der Waals surface area contributed by atoms with Gasteiger partial charge in [0.05, 0.1) is 6.54 Å². The lowest BCUT2D eigenvalue weighted by atomic mass is 10.2. The third kappa shape index (κ3) is 7.45. The third-order valence-corrected chi connectivity index (χ3v) is 3.35. The van der Waals surface area contributed by atoms with Crippen molar-refractivity contribution in [2.75, 3.05) is 19.6 Å². The van der Waals surface area contributed by atoms with E-state index in [0.29, 0.717) is 25.1 Å². The molecule has 1 aromatic heterocycles. The molecule has 0 saturated carbocycles. The van der Waals surface area contributed by atoms with Crippen LogP contribution in [0, 0.1) is 0 Å². The van der Waals surface area contributed by atoms with E-state index in [2.05, 4.69) is 16.0 Å². The van der Waals surface area contributed by atoms with Gasteiger partial charge in [0.1, 0.15) is 0 Å². The summed E-state index contributed by atoms with van der Waals surface area (Å²) in [5, 5.41) is 11.6. The van der Waals surface area contributed by atoms with Gasteiger partial charge in [-0.25, -0.2) is 0 Å². The van der Waals surface area contributed by atoms with Crippen LogP contribution in [0.2, 0.25) is 0 Å². The zero-order chi connectivity index (χ0) is 15.5. The zero-order valence-electron chi connectivity index (χ0n) is 12.1. The van der Waals surface area contributed by atoms with Gasteiger partial charge in [-0.05, 0) is 24.3 Å². The third-order valence-electron chi connectivity index (χ3n) is 2.67. The molecule has 3 N–H and O–H groups in total. The zero-order valence-corrected chi connectivity index (χ0v) is 12.9. The molecule has 116 valence electrons. The highest BCUT2D eigenvalue weighted by molar-refractivity contribution is 7.08. The second kappa shape index (κ2) is 9.93. The van der Waals surface area contributed by atoms with Crippen LogP contribution in [0.25, 0.3) is 0 Å². The molecule has 0 bridgehead atoms. The Bertz CT molecular complexity index is 460. The van der Waals surface area contributed by atoms with Gasteiger partial charge >= 0.3 is 0 Å². The van der Waals surface area contributed by atoms with Crippen LogP contribution in [0.1, 0.15) is 36.5 Å². The van der Waals surface area contributed by atoms with Gasteiger partial charge in [0.15, 0.2) is 0 Å². The fourth-order valence-electron chi connectivity index (χ4n) is 1.54. The molecule has 0 radical (unpaired) electrons. The van der Waals surface area contributed by atoms with Crippen LogP contribution in [0.3, 0.4) is 0 Å². The van der Waals surface area contributed by atoms with Crippen molar-refractivity contribution in [2.24, 2.45) is 0 Å². The van der Waals surface area contributed by atoms with Crippen LogP contribution >= 0.6 is 11.3 Å². The van der Waals surface area contributed by atoms with Crippen LogP contribution in [0.4, 0.5) is 0 Å². The summed E-state index contributed by atoms with van der Waals surface area (Å²) < 4.78 is 0. The van der Waals surface area contributed by atoms with Crippen LogP contribution in [0.15, 0.2) is 16.8 Å². The van der Waals surface area contributed by atoms with Crippen molar-refractivity contribution in [3.8, 4) is 0 Å². The second-order valence-electron chi connectivity index (χ2n) is 4.50. The summed E-state index contributed by atoms with van der Waals surface area (Å²) in [6.45, 7) is 3.01. The number of amides is 3. The minimum atomic E-state index is -0.188. The summed E-state index contributed by atoms with van der Waals surface area (Å²) >= 11 is 1.46. The summed E-state index contributed by atoms with van der Waals surface area (Å²) in [5.41, 5.74) is 0.636. The van der Waals surface area contributed by atoms with Crippen molar-refractivity contribution in [1.29, 1.82) is 0 Å². The van der Waals surface area contributed by atoms with E-state index in [1.54, 1.807) is 11.4 Å². The molecule has 0 atom stereocenters. The first-order chi connectivity index (χ1) is 10.1. The minimum absolute atomic E-state index is 0.0000955. The molecule has 3 amide bonds. The van der Waals surface area contributed by atoms with Gasteiger partial charge in [0, 0.05) is 30.5 Å². The highest BCUT2D eigenvalue weighted by atomic mass is 32.1. The molecule has 0 saturated heterocycles. The van der Waals surface area contributed by atoms with E-state index in [-0.39, 0.29) is 30.7 Å². The Morgan fingerprint density at radius 3 is 2.57 bits per heavy atom. The van der Waals surface area contributed by atoms with Gasteiger partial charge < -0.3 is 16.0 Å². The average molecular weight is 311 g/mol. The van der Waals surface area contributed by atoms with Crippen LogP contribution < -0.4 is 16.0 Å². The lowest BCUT2D eigenvalue weighted by molar-refractivity contribution is -0.126. The van der Waals surface area contributed by atoms with Gasteiger partial charge in [0.25, 0.3) is 5.91 Å². The topological polar surface area (TPSA) is 87.3 Å². The van der Waals surface area contributed by atoms with Gasteiger partial charge in [-0.1, -0.05) is 6.92 Å². The predicted molar refractivity (Wildman–Crippen MR) is 82.2 cm³/mol. The van der Waals surface area contributed by atoms with Crippen molar-refractivity contribution in [3.63, 3.8) is 0 Å². The van der Waals surface area contributed by atoms with E-state index < -0.39 is 0 Å². The monoisotopic (exact) mass is 311 g/mol. The normalized spacial score (nSPS) is 9.95. The number of thiophene rings is 1. The summed E-state index contributed by atoms with van der Waals surface area (Å²) in [6, 6.07) is 1.75. The summed E-state index contributed by atoms with van der Waals surface area (Å²) in [7, 11) is 0. The Labute approximate surface area is 128 Å². The van der Waals surface area contributed by atoms with Crippen LogP contribution in [-0.4, -0.2) is 37.4 Å². The first-order valence-corrected chi connectivity index (χ1v) is 7.91. The molecular formula is C14H21N3O3S. The van der Waals surface area contributed by atoms with E-state index in [4.69, 9.17) is 0 Å². The highest BCUT2D eigenvalue weighted by Crippen LogP contribution is 2.05. The Hall–Kier alpha value is -1.89. The Morgan fingerprint density at radius 2 is 1.90 bits per heavy atom. The molecule has 0 unspecified atom stereocenters. The number of carbonyl (C=O) groups excluding carboxylic acids is 3. The maximum absolute atomic E-state index is 11.6. The predicted octanol–water partition coefficient (Wildman–Crippen LogP) is 0.900. The van der Waals surface area contributed by atoms with Crippen molar-refractivity contribution < 1.29 is 14.4 Å². The van der Waals surface area contributed by atoms with Gasteiger partial charge in [-0.2, -0.15) is 11.3 Å². The van der Waals surface area contributed by atoms with E-state index in [1.165, 1.54) is 11.3 Å². The minimum Gasteiger partial charge on any atom is -0.355 e. The van der Waals surface area contributed by atoms with E-state index in [0.717, 1.165) is 6.42 Å². The molecule has 1 heterocycles. The van der Waals surface area contributed by atoms with E-state index >= 15 is 0 Å². The molecule has 0 aliphatic rings. The number of nitrogens with one attached hydrogen (secondary N) is 3. The lowest BCUT2D eigenvalue weighted by Gasteiger charge is -2.06. The largest absolute Gasteiger partial charge is 0.355 e. The van der Waals surface area contributed by atoms with Gasteiger partial charge in [-0.3, -0.25) is 14.4 Å². The quantitative estimate of drug-likeness (QED) is 0.592. The van der Waals surface area contributed by atoms with Crippen LogP contribution in [-0.2, 0) is 9.59 Å². The van der Waals surface area contributed by atoms with Crippen molar-refractivity contribution in [2.45, 2.75) is 26.2 Å². The molecule has 7 heteroatoms. The first-order valence-electron chi connectivity index (χ1n) is 6.97. The number of hydrogen-bond acceptors (Lipinski definition) is 4. The SMILES string of the molecule is CCCNC(=O)CNC(=O)CCCNC(=O)c1ccsc1. The molecule has 6 nitrogen and oxygen atoms in total.